The fourth-order valence-electron chi connectivity index (χ4n) is 2.08. The largest absolute Gasteiger partial charge is 0.477 e. The Morgan fingerprint density at radius 1 is 1.17 bits per heavy atom. The summed E-state index contributed by atoms with van der Waals surface area (Å²) in [5.41, 5.74) is 2.30. The van der Waals surface area contributed by atoms with Crippen molar-refractivity contribution in [3.05, 3.63) is 53.6 Å². The van der Waals surface area contributed by atoms with Crippen LogP contribution in [0.4, 0.5) is 14.5 Å². The molecule has 23 heavy (non-hydrogen) atoms. The predicted molar refractivity (Wildman–Crippen MR) is 87.6 cm³/mol. The molecule has 2 aromatic rings. The van der Waals surface area contributed by atoms with Crippen LogP contribution in [0.15, 0.2) is 42.5 Å². The van der Waals surface area contributed by atoms with Gasteiger partial charge in [0, 0.05) is 30.1 Å². The van der Waals surface area contributed by atoms with E-state index in [0.717, 1.165) is 23.4 Å². The molecule has 0 spiro atoms. The van der Waals surface area contributed by atoms with Crippen LogP contribution < -0.4 is 5.32 Å². The number of benzene rings is 2. The first-order valence-corrected chi connectivity index (χ1v) is 6.44. The number of halogens is 2. The van der Waals surface area contributed by atoms with Crippen molar-refractivity contribution in [1.29, 1.82) is 5.41 Å². The van der Waals surface area contributed by atoms with Crippen LogP contribution in [0.2, 0.25) is 0 Å². The van der Waals surface area contributed by atoms with Gasteiger partial charge in [0.15, 0.2) is 0 Å². The lowest BCUT2D eigenvalue weighted by Gasteiger charge is -2.12. The molecule has 0 amide bonds. The zero-order valence-electron chi connectivity index (χ0n) is 11.7. The third-order valence-corrected chi connectivity index (χ3v) is 3.33. The highest BCUT2D eigenvalue weighted by molar-refractivity contribution is 5.88. The molecule has 6 heteroatoms. The molecule has 0 aromatic heterocycles. The van der Waals surface area contributed by atoms with Crippen molar-refractivity contribution in [3.8, 4) is 11.1 Å². The van der Waals surface area contributed by atoms with Gasteiger partial charge in [0.25, 0.3) is 0 Å². The summed E-state index contributed by atoms with van der Waals surface area (Å²) in [7, 11) is 1.74. The van der Waals surface area contributed by atoms with Crippen LogP contribution in [0.1, 0.15) is 18.6 Å². The third kappa shape index (κ3) is 3.53. The fraction of sp³-hybridized carbons (Fsp3) is 0.176. The lowest BCUT2D eigenvalue weighted by molar-refractivity contribution is -0.166. The Bertz CT molecular complexity index is 713. The summed E-state index contributed by atoms with van der Waals surface area (Å²) in [5, 5.41) is 18.9. The first-order valence-electron chi connectivity index (χ1n) is 6.44. The van der Waals surface area contributed by atoms with E-state index in [9.17, 15) is 13.6 Å². The Labute approximate surface area is 133 Å². The quantitative estimate of drug-likeness (QED) is 0.723. The summed E-state index contributed by atoms with van der Waals surface area (Å²) in [6, 6.07) is 10.4. The summed E-state index contributed by atoms with van der Waals surface area (Å²) in [6.07, 6.45) is 1.20. The van der Waals surface area contributed by atoms with Gasteiger partial charge < -0.3 is 15.8 Å². The summed E-state index contributed by atoms with van der Waals surface area (Å²) >= 11 is 0. The standard InChI is InChI=1S/C16H14F2N2O2.CH4/c1-20-14-7-4-11(8-12(14)9-19)10-2-5-13(6-3-10)16(17,18)15(21)22;/h2-9,19-20H,1H3,(H,21,22);1H4. The molecular weight excluding hydrogens is 302 g/mol. The van der Waals surface area contributed by atoms with E-state index in [-0.39, 0.29) is 7.43 Å². The molecule has 122 valence electrons. The lowest BCUT2D eigenvalue weighted by Crippen LogP contribution is -2.25. The van der Waals surface area contributed by atoms with Crippen molar-refractivity contribution in [2.24, 2.45) is 0 Å². The van der Waals surface area contributed by atoms with Crippen LogP contribution >= 0.6 is 0 Å². The van der Waals surface area contributed by atoms with Gasteiger partial charge in [0.1, 0.15) is 0 Å². The van der Waals surface area contributed by atoms with E-state index in [2.05, 4.69) is 5.32 Å². The van der Waals surface area contributed by atoms with Crippen molar-refractivity contribution in [3.63, 3.8) is 0 Å². The Kier molecular flexibility index (Phi) is 5.57. The molecule has 0 radical (unpaired) electrons. The predicted octanol–water partition coefficient (Wildman–Crippen LogP) is 4.21. The molecule has 0 unspecified atom stereocenters. The minimum atomic E-state index is -3.91. The van der Waals surface area contributed by atoms with Gasteiger partial charge in [-0.2, -0.15) is 8.78 Å². The zero-order chi connectivity index (χ0) is 16.3. The van der Waals surface area contributed by atoms with Crippen LogP contribution in [0.25, 0.3) is 11.1 Å². The van der Waals surface area contributed by atoms with Gasteiger partial charge >= 0.3 is 11.9 Å². The number of carboxylic acids is 1. The number of aliphatic carboxylic acids is 1. The topological polar surface area (TPSA) is 73.2 Å². The van der Waals surface area contributed by atoms with Crippen LogP contribution in [-0.4, -0.2) is 24.3 Å². The summed E-state index contributed by atoms with van der Waals surface area (Å²) in [6.45, 7) is 0. The summed E-state index contributed by atoms with van der Waals surface area (Å²) in [4.78, 5) is 10.5. The highest BCUT2D eigenvalue weighted by Crippen LogP contribution is 2.31. The smallest absolute Gasteiger partial charge is 0.379 e. The van der Waals surface area contributed by atoms with Crippen molar-refractivity contribution in [2.75, 3.05) is 12.4 Å². The highest BCUT2D eigenvalue weighted by atomic mass is 19.3. The maximum absolute atomic E-state index is 13.4. The Morgan fingerprint density at radius 3 is 2.22 bits per heavy atom. The molecule has 0 atom stereocenters. The number of hydrogen-bond donors (Lipinski definition) is 3. The molecule has 0 aliphatic carbocycles. The van der Waals surface area contributed by atoms with Gasteiger partial charge in [0.05, 0.1) is 0 Å². The minimum Gasteiger partial charge on any atom is -0.477 e. The first kappa shape index (κ1) is 18.3. The molecule has 3 N–H and O–H groups in total. The first-order chi connectivity index (χ1) is 10.4. The SMILES string of the molecule is C.CNc1ccc(-c2ccc(C(F)(F)C(=O)O)cc2)cc1C=N. The van der Waals surface area contributed by atoms with Gasteiger partial charge in [-0.05, 0) is 23.3 Å². The molecule has 0 saturated heterocycles. The molecule has 0 heterocycles. The monoisotopic (exact) mass is 320 g/mol. The van der Waals surface area contributed by atoms with E-state index < -0.39 is 17.5 Å². The van der Waals surface area contributed by atoms with Crippen LogP contribution in [0.3, 0.4) is 0 Å². The third-order valence-electron chi connectivity index (χ3n) is 3.33. The van der Waals surface area contributed by atoms with E-state index >= 15 is 0 Å². The molecule has 2 rings (SSSR count). The second-order valence-electron chi connectivity index (χ2n) is 4.65. The average Bonchev–Trinajstić information content (AvgIpc) is 2.54. The number of alkyl halides is 2. The van der Waals surface area contributed by atoms with Crippen molar-refractivity contribution in [1.82, 2.24) is 0 Å². The molecule has 0 aliphatic heterocycles. The Balaban J connectivity index is 0.00000264. The van der Waals surface area contributed by atoms with Crippen LogP contribution in [-0.2, 0) is 10.7 Å². The Hall–Kier alpha value is -2.76. The van der Waals surface area contributed by atoms with Crippen LogP contribution in [0.5, 0.6) is 0 Å². The molecule has 0 saturated carbocycles. The molecule has 0 bridgehead atoms. The summed E-state index contributed by atoms with van der Waals surface area (Å²) < 4.78 is 26.8. The number of rotatable bonds is 5. The summed E-state index contributed by atoms with van der Waals surface area (Å²) in [5.74, 6) is -6.08. The maximum atomic E-state index is 13.4. The number of hydrogen-bond acceptors (Lipinski definition) is 3. The van der Waals surface area contributed by atoms with Gasteiger partial charge in [-0.25, -0.2) is 4.79 Å². The minimum absolute atomic E-state index is 0. The number of anilines is 1. The highest BCUT2D eigenvalue weighted by Gasteiger charge is 2.40. The number of carboxylic acid groups (broad SMARTS) is 1. The molecule has 0 aliphatic rings. The van der Waals surface area contributed by atoms with Gasteiger partial charge in [-0.15, -0.1) is 0 Å². The van der Waals surface area contributed by atoms with Crippen molar-refractivity contribution in [2.45, 2.75) is 13.3 Å². The van der Waals surface area contributed by atoms with Crippen molar-refractivity contribution >= 4 is 17.9 Å². The van der Waals surface area contributed by atoms with Gasteiger partial charge in [0.2, 0.25) is 0 Å². The second kappa shape index (κ2) is 7.00. The molecule has 4 nitrogen and oxygen atoms in total. The average molecular weight is 320 g/mol. The van der Waals surface area contributed by atoms with E-state index in [1.165, 1.54) is 18.3 Å². The number of carbonyl (C=O) groups is 1. The molecule has 0 fully saturated rings. The maximum Gasteiger partial charge on any atom is 0.379 e. The zero-order valence-corrected chi connectivity index (χ0v) is 11.7. The van der Waals surface area contributed by atoms with Crippen molar-refractivity contribution < 1.29 is 18.7 Å². The second-order valence-corrected chi connectivity index (χ2v) is 4.65. The van der Waals surface area contributed by atoms with Crippen LogP contribution in [0, 0.1) is 5.41 Å². The van der Waals surface area contributed by atoms with Gasteiger partial charge in [-0.3, -0.25) is 0 Å². The van der Waals surface area contributed by atoms with E-state index in [1.807, 2.05) is 0 Å². The molecule has 2 aromatic carbocycles. The lowest BCUT2D eigenvalue weighted by atomic mass is 9.99. The molecular formula is C17H18F2N2O2. The van der Waals surface area contributed by atoms with E-state index in [1.54, 1.807) is 25.2 Å². The van der Waals surface area contributed by atoms with E-state index in [0.29, 0.717) is 11.1 Å². The normalized spacial score (nSPS) is 10.6. The number of nitrogens with one attached hydrogen (secondary N) is 2. The van der Waals surface area contributed by atoms with Gasteiger partial charge in [-0.1, -0.05) is 37.8 Å². The Morgan fingerprint density at radius 2 is 1.74 bits per heavy atom. The fourth-order valence-corrected chi connectivity index (χ4v) is 2.08. The van der Waals surface area contributed by atoms with E-state index in [4.69, 9.17) is 10.5 Å².